The number of carbonyl (C=O) groups is 1. The quantitative estimate of drug-likeness (QED) is 0.758. The zero-order chi connectivity index (χ0) is 17.4. The van der Waals surface area contributed by atoms with Crippen molar-refractivity contribution < 1.29 is 4.79 Å². The fourth-order valence-electron chi connectivity index (χ4n) is 3.87. The number of H-pyrrole nitrogens is 1. The Bertz CT molecular complexity index is 854. The van der Waals surface area contributed by atoms with Crippen LogP contribution in [0.25, 0.3) is 22.4 Å². The summed E-state index contributed by atoms with van der Waals surface area (Å²) in [6.07, 6.45) is 1.20. The van der Waals surface area contributed by atoms with E-state index in [1.54, 1.807) is 0 Å². The van der Waals surface area contributed by atoms with Crippen LogP contribution in [0.3, 0.4) is 0 Å². The van der Waals surface area contributed by atoms with Crippen LogP contribution in [0.1, 0.15) is 30.6 Å². The number of fused-ring (bicyclic) bond motifs is 1. The van der Waals surface area contributed by atoms with Crippen molar-refractivity contribution >= 4 is 16.9 Å². The molecule has 25 heavy (non-hydrogen) atoms. The van der Waals surface area contributed by atoms with E-state index in [0.717, 1.165) is 41.1 Å². The lowest BCUT2D eigenvalue weighted by Gasteiger charge is -2.35. The van der Waals surface area contributed by atoms with Gasteiger partial charge in [-0.15, -0.1) is 0 Å². The molecular weight excluding hydrogens is 310 g/mol. The van der Waals surface area contributed by atoms with Crippen molar-refractivity contribution in [2.75, 3.05) is 13.1 Å². The normalized spacial score (nSPS) is 20.8. The number of imidazole rings is 1. The summed E-state index contributed by atoms with van der Waals surface area (Å²) < 4.78 is 0. The van der Waals surface area contributed by atoms with Crippen molar-refractivity contribution in [2.45, 2.75) is 20.3 Å². The van der Waals surface area contributed by atoms with Gasteiger partial charge in [0.05, 0.1) is 11.0 Å². The Morgan fingerprint density at radius 3 is 2.40 bits per heavy atom. The Morgan fingerprint density at radius 1 is 1.04 bits per heavy atom. The zero-order valence-corrected chi connectivity index (χ0v) is 14.7. The number of rotatable bonds is 2. The topological polar surface area (TPSA) is 49.0 Å². The van der Waals surface area contributed by atoms with Crippen LogP contribution in [0, 0.1) is 11.8 Å². The van der Waals surface area contributed by atoms with E-state index in [0.29, 0.717) is 11.8 Å². The van der Waals surface area contributed by atoms with Crippen LogP contribution in [0.15, 0.2) is 48.5 Å². The molecule has 0 radical (unpaired) electrons. The lowest BCUT2D eigenvalue weighted by molar-refractivity contribution is 0.0623. The molecule has 128 valence electrons. The van der Waals surface area contributed by atoms with Crippen molar-refractivity contribution in [1.29, 1.82) is 0 Å². The van der Waals surface area contributed by atoms with E-state index >= 15 is 0 Å². The van der Waals surface area contributed by atoms with E-state index in [-0.39, 0.29) is 5.91 Å². The van der Waals surface area contributed by atoms with Gasteiger partial charge in [0, 0.05) is 24.2 Å². The van der Waals surface area contributed by atoms with Gasteiger partial charge in [0.15, 0.2) is 0 Å². The molecule has 1 amide bonds. The number of likely N-dealkylation sites (tertiary alicyclic amines) is 1. The number of aromatic amines is 1. The second kappa shape index (κ2) is 6.36. The van der Waals surface area contributed by atoms with Crippen LogP contribution in [0.2, 0.25) is 0 Å². The number of hydrogen-bond acceptors (Lipinski definition) is 2. The predicted molar refractivity (Wildman–Crippen MR) is 100 cm³/mol. The molecule has 0 aliphatic carbocycles. The number of hydrogen-bond donors (Lipinski definition) is 1. The highest BCUT2D eigenvalue weighted by atomic mass is 16.2. The molecule has 2 aromatic carbocycles. The van der Waals surface area contributed by atoms with E-state index in [9.17, 15) is 4.79 Å². The molecule has 1 N–H and O–H groups in total. The number of carbonyl (C=O) groups excluding carboxylic acids is 1. The van der Waals surface area contributed by atoms with Crippen molar-refractivity contribution in [3.63, 3.8) is 0 Å². The average molecular weight is 333 g/mol. The maximum Gasteiger partial charge on any atom is 0.253 e. The summed E-state index contributed by atoms with van der Waals surface area (Å²) >= 11 is 0. The van der Waals surface area contributed by atoms with Gasteiger partial charge in [0.25, 0.3) is 5.91 Å². The highest BCUT2D eigenvalue weighted by Gasteiger charge is 2.26. The number of piperidine rings is 1. The van der Waals surface area contributed by atoms with Gasteiger partial charge >= 0.3 is 0 Å². The minimum absolute atomic E-state index is 0.134. The van der Waals surface area contributed by atoms with Crippen molar-refractivity contribution in [3.8, 4) is 11.4 Å². The molecule has 2 heterocycles. The average Bonchev–Trinajstić information content (AvgIpc) is 3.04. The molecule has 0 bridgehead atoms. The highest BCUT2D eigenvalue weighted by molar-refractivity contribution is 5.94. The lowest BCUT2D eigenvalue weighted by atomic mass is 9.91. The molecule has 4 heteroatoms. The van der Waals surface area contributed by atoms with E-state index in [1.165, 1.54) is 6.42 Å². The summed E-state index contributed by atoms with van der Waals surface area (Å²) in [6.45, 7) is 6.16. The SMILES string of the molecule is CC1CC(C)CN(C(=O)c2ccc(-c3nc4ccccc4[nH]3)cc2)C1. The molecule has 1 aliphatic heterocycles. The van der Waals surface area contributed by atoms with Crippen LogP contribution < -0.4 is 0 Å². The number of nitrogens with one attached hydrogen (secondary N) is 1. The first-order valence-electron chi connectivity index (χ1n) is 8.94. The molecule has 0 spiro atoms. The Balaban J connectivity index is 1.56. The molecule has 3 aromatic rings. The molecule has 0 saturated carbocycles. The number of amides is 1. The van der Waals surface area contributed by atoms with Gasteiger partial charge in [-0.2, -0.15) is 0 Å². The van der Waals surface area contributed by atoms with E-state index in [1.807, 2.05) is 53.4 Å². The number of nitrogens with zero attached hydrogens (tertiary/aromatic N) is 2. The third-order valence-corrected chi connectivity index (χ3v) is 4.95. The third-order valence-electron chi connectivity index (χ3n) is 4.95. The molecule has 1 aliphatic rings. The van der Waals surface area contributed by atoms with Gasteiger partial charge in [0.1, 0.15) is 5.82 Å². The summed E-state index contributed by atoms with van der Waals surface area (Å²) in [7, 11) is 0. The van der Waals surface area contributed by atoms with Gasteiger partial charge in [-0.25, -0.2) is 4.98 Å². The fraction of sp³-hybridized carbons (Fsp3) is 0.333. The van der Waals surface area contributed by atoms with Gasteiger partial charge in [-0.1, -0.05) is 38.1 Å². The second-order valence-corrected chi connectivity index (χ2v) is 7.34. The van der Waals surface area contributed by atoms with Crippen LogP contribution in [-0.4, -0.2) is 33.9 Å². The van der Waals surface area contributed by atoms with E-state index in [4.69, 9.17) is 0 Å². The summed E-state index contributed by atoms with van der Waals surface area (Å²) in [4.78, 5) is 22.7. The van der Waals surface area contributed by atoms with Crippen LogP contribution in [0.5, 0.6) is 0 Å². The highest BCUT2D eigenvalue weighted by Crippen LogP contribution is 2.24. The molecule has 4 nitrogen and oxygen atoms in total. The van der Waals surface area contributed by atoms with Crippen molar-refractivity contribution in [2.24, 2.45) is 11.8 Å². The van der Waals surface area contributed by atoms with E-state index < -0.39 is 0 Å². The Kier molecular flexibility index (Phi) is 4.04. The second-order valence-electron chi connectivity index (χ2n) is 7.34. The molecule has 2 atom stereocenters. The van der Waals surface area contributed by atoms with Crippen LogP contribution in [-0.2, 0) is 0 Å². The van der Waals surface area contributed by atoms with Gasteiger partial charge in [0.2, 0.25) is 0 Å². The summed E-state index contributed by atoms with van der Waals surface area (Å²) in [5.41, 5.74) is 3.72. The maximum absolute atomic E-state index is 12.8. The van der Waals surface area contributed by atoms with Gasteiger partial charge < -0.3 is 9.88 Å². The smallest absolute Gasteiger partial charge is 0.253 e. The Labute approximate surface area is 147 Å². The molecular formula is C21H23N3O. The first-order valence-corrected chi connectivity index (χ1v) is 8.94. The van der Waals surface area contributed by atoms with Crippen LogP contribution in [0.4, 0.5) is 0 Å². The summed E-state index contributed by atoms with van der Waals surface area (Å²) in [5, 5.41) is 0. The van der Waals surface area contributed by atoms with Gasteiger partial charge in [-0.05, 0) is 42.5 Å². The van der Waals surface area contributed by atoms with Crippen molar-refractivity contribution in [1.82, 2.24) is 14.9 Å². The molecule has 1 aromatic heterocycles. The van der Waals surface area contributed by atoms with Crippen LogP contribution >= 0.6 is 0 Å². The first kappa shape index (κ1) is 15.9. The minimum atomic E-state index is 0.134. The minimum Gasteiger partial charge on any atom is -0.338 e. The van der Waals surface area contributed by atoms with E-state index in [2.05, 4.69) is 23.8 Å². The number of para-hydroxylation sites is 2. The maximum atomic E-state index is 12.8. The Morgan fingerprint density at radius 2 is 1.72 bits per heavy atom. The first-order chi connectivity index (χ1) is 12.1. The summed E-state index contributed by atoms with van der Waals surface area (Å²) in [6, 6.07) is 15.8. The van der Waals surface area contributed by atoms with Gasteiger partial charge in [-0.3, -0.25) is 4.79 Å². The predicted octanol–water partition coefficient (Wildman–Crippen LogP) is 4.35. The van der Waals surface area contributed by atoms with Crippen molar-refractivity contribution in [3.05, 3.63) is 54.1 Å². The monoisotopic (exact) mass is 333 g/mol. The number of aromatic nitrogens is 2. The number of benzene rings is 2. The molecule has 1 saturated heterocycles. The fourth-order valence-corrected chi connectivity index (χ4v) is 3.87. The molecule has 2 unspecified atom stereocenters. The molecule has 4 rings (SSSR count). The summed E-state index contributed by atoms with van der Waals surface area (Å²) in [5.74, 6) is 2.11. The standard InChI is InChI=1S/C21H23N3O/c1-14-11-15(2)13-24(12-14)21(25)17-9-7-16(8-10-17)20-22-18-5-3-4-6-19(18)23-20/h3-10,14-15H,11-13H2,1-2H3,(H,22,23). The Hall–Kier alpha value is -2.62. The largest absolute Gasteiger partial charge is 0.338 e. The molecule has 1 fully saturated rings. The lowest BCUT2D eigenvalue weighted by Crippen LogP contribution is -2.42. The zero-order valence-electron chi connectivity index (χ0n) is 14.7. The third kappa shape index (κ3) is 3.16.